The van der Waals surface area contributed by atoms with Crippen molar-refractivity contribution < 1.29 is 0 Å². The van der Waals surface area contributed by atoms with Crippen LogP contribution in [-0.4, -0.2) is 12.3 Å². The van der Waals surface area contributed by atoms with E-state index in [1.807, 2.05) is 56.4 Å². The molecule has 0 saturated heterocycles. The van der Waals surface area contributed by atoms with E-state index in [2.05, 4.69) is 17.1 Å². The topological polar surface area (TPSA) is 12.4 Å². The van der Waals surface area contributed by atoms with E-state index in [4.69, 9.17) is 0 Å². The van der Waals surface area contributed by atoms with Crippen LogP contribution in [0.15, 0.2) is 59.6 Å². The number of nitrogens with zero attached hydrogens (tertiary/aromatic N) is 1. The van der Waals surface area contributed by atoms with Crippen molar-refractivity contribution in [1.82, 2.24) is 0 Å². The van der Waals surface area contributed by atoms with Crippen LogP contribution in [0.2, 0.25) is 0 Å². The summed E-state index contributed by atoms with van der Waals surface area (Å²) in [5.74, 6) is 0. The van der Waals surface area contributed by atoms with E-state index in [1.165, 1.54) is 5.56 Å². The van der Waals surface area contributed by atoms with Crippen LogP contribution in [0, 0.1) is 0 Å². The quantitative estimate of drug-likeness (QED) is 0.655. The zero-order chi connectivity index (χ0) is 10.9. The molecule has 0 unspecified atom stereocenters. The fourth-order valence-corrected chi connectivity index (χ4v) is 1.29. The maximum atomic E-state index is 4.44. The lowest BCUT2D eigenvalue weighted by molar-refractivity contribution is 1.25. The summed E-state index contributed by atoms with van der Waals surface area (Å²) >= 11 is 0. The predicted molar refractivity (Wildman–Crippen MR) is 67.5 cm³/mol. The second-order valence-corrected chi connectivity index (χ2v) is 2.88. The average Bonchev–Trinajstić information content (AvgIpc) is 2.61. The minimum atomic E-state index is 0.775. The molecule has 1 aliphatic rings. The molecular weight excluding hydrogens is 182 g/mol. The van der Waals surface area contributed by atoms with E-state index in [9.17, 15) is 0 Å². The summed E-state index contributed by atoms with van der Waals surface area (Å²) in [6, 6.07) is 10.2. The van der Waals surface area contributed by atoms with Gasteiger partial charge in [-0.25, -0.2) is 0 Å². The minimum Gasteiger partial charge on any atom is -0.281 e. The maximum absolute atomic E-state index is 4.44. The van der Waals surface area contributed by atoms with Crippen LogP contribution in [0.25, 0.3) is 0 Å². The molecule has 0 radical (unpaired) electrons. The van der Waals surface area contributed by atoms with Gasteiger partial charge in [0.2, 0.25) is 0 Å². The summed E-state index contributed by atoms with van der Waals surface area (Å²) in [6.07, 6.45) is 8.14. The van der Waals surface area contributed by atoms with Gasteiger partial charge in [0, 0.05) is 0 Å². The van der Waals surface area contributed by atoms with Crippen molar-refractivity contribution in [3.05, 3.63) is 60.2 Å². The molecule has 0 N–H and O–H groups in total. The number of benzene rings is 1. The van der Waals surface area contributed by atoms with Crippen molar-refractivity contribution in [3.63, 3.8) is 0 Å². The number of aliphatic imine (C=N–C) groups is 1. The summed E-state index contributed by atoms with van der Waals surface area (Å²) in [5.41, 5.74) is 2.24. The number of rotatable bonds is 1. The van der Waals surface area contributed by atoms with Gasteiger partial charge >= 0.3 is 0 Å². The Hall–Kier alpha value is -1.63. The molecule has 1 aromatic rings. The molecule has 0 spiro atoms. The fraction of sp³-hybridized carbons (Fsp3) is 0.214. The van der Waals surface area contributed by atoms with Crippen LogP contribution in [-0.2, 0) is 0 Å². The lowest BCUT2D eigenvalue weighted by Gasteiger charge is -1.98. The van der Waals surface area contributed by atoms with E-state index in [0.717, 1.165) is 12.3 Å². The van der Waals surface area contributed by atoms with Crippen LogP contribution in [0.5, 0.6) is 0 Å². The first-order valence-corrected chi connectivity index (χ1v) is 5.40. The highest BCUT2D eigenvalue weighted by Gasteiger charge is 1.97. The van der Waals surface area contributed by atoms with Crippen LogP contribution < -0.4 is 0 Å². The van der Waals surface area contributed by atoms with Crippen molar-refractivity contribution in [1.29, 1.82) is 0 Å². The summed E-state index contributed by atoms with van der Waals surface area (Å²) in [4.78, 5) is 4.44. The van der Waals surface area contributed by atoms with Gasteiger partial charge in [-0.1, -0.05) is 62.4 Å². The Morgan fingerprint density at radius 2 is 1.73 bits per heavy atom. The van der Waals surface area contributed by atoms with Crippen molar-refractivity contribution in [2.75, 3.05) is 6.54 Å². The highest BCUT2D eigenvalue weighted by Crippen LogP contribution is 2.04. The molecular formula is C14H17N. The molecule has 1 heterocycles. The second kappa shape index (κ2) is 6.77. The van der Waals surface area contributed by atoms with Crippen LogP contribution in [0.3, 0.4) is 0 Å². The molecule has 0 atom stereocenters. The Kier molecular flexibility index (Phi) is 5.16. The molecule has 0 saturated carbocycles. The first-order chi connectivity index (χ1) is 7.47. The standard InChI is InChI=1S/C12H11N.C2H6/c1-3-7-11(8-4-1)12-9-5-2-6-10-13-12;1-2/h1-9H,10H2;1-2H3. The van der Waals surface area contributed by atoms with Gasteiger partial charge in [0.05, 0.1) is 12.3 Å². The van der Waals surface area contributed by atoms with Gasteiger partial charge in [0.1, 0.15) is 0 Å². The summed E-state index contributed by atoms with van der Waals surface area (Å²) < 4.78 is 0. The average molecular weight is 199 g/mol. The first-order valence-electron chi connectivity index (χ1n) is 5.40. The van der Waals surface area contributed by atoms with Crippen molar-refractivity contribution in [3.8, 4) is 0 Å². The Bertz CT molecular complexity index is 358. The van der Waals surface area contributed by atoms with Crippen molar-refractivity contribution in [2.24, 2.45) is 4.99 Å². The van der Waals surface area contributed by atoms with Crippen LogP contribution >= 0.6 is 0 Å². The molecule has 2 rings (SSSR count). The molecule has 0 aromatic heterocycles. The van der Waals surface area contributed by atoms with Gasteiger partial charge in [0.15, 0.2) is 0 Å². The third-order valence-electron chi connectivity index (χ3n) is 1.94. The van der Waals surface area contributed by atoms with E-state index >= 15 is 0 Å². The Balaban J connectivity index is 0.000000531. The van der Waals surface area contributed by atoms with Crippen LogP contribution in [0.1, 0.15) is 19.4 Å². The second-order valence-electron chi connectivity index (χ2n) is 2.88. The molecule has 0 aliphatic carbocycles. The Labute approximate surface area is 91.9 Å². The minimum absolute atomic E-state index is 0.775. The van der Waals surface area contributed by atoms with Gasteiger partial charge in [-0.3, -0.25) is 4.99 Å². The fourth-order valence-electron chi connectivity index (χ4n) is 1.29. The molecule has 0 bridgehead atoms. The van der Waals surface area contributed by atoms with E-state index in [1.54, 1.807) is 0 Å². The molecule has 0 amide bonds. The zero-order valence-electron chi connectivity index (χ0n) is 9.35. The van der Waals surface area contributed by atoms with Gasteiger partial charge in [-0.15, -0.1) is 0 Å². The van der Waals surface area contributed by atoms with Gasteiger partial charge < -0.3 is 0 Å². The monoisotopic (exact) mass is 199 g/mol. The maximum Gasteiger partial charge on any atom is 0.0650 e. The van der Waals surface area contributed by atoms with Gasteiger partial charge in [-0.2, -0.15) is 0 Å². The number of hydrogen-bond donors (Lipinski definition) is 0. The summed E-state index contributed by atoms with van der Waals surface area (Å²) in [7, 11) is 0. The highest BCUT2D eigenvalue weighted by atomic mass is 14.7. The molecule has 78 valence electrons. The highest BCUT2D eigenvalue weighted by molar-refractivity contribution is 6.09. The largest absolute Gasteiger partial charge is 0.281 e. The molecule has 1 aliphatic heterocycles. The van der Waals surface area contributed by atoms with Crippen molar-refractivity contribution in [2.45, 2.75) is 13.8 Å². The lowest BCUT2D eigenvalue weighted by atomic mass is 10.1. The number of hydrogen-bond acceptors (Lipinski definition) is 1. The summed E-state index contributed by atoms with van der Waals surface area (Å²) in [6.45, 7) is 4.78. The first kappa shape index (κ1) is 11.4. The van der Waals surface area contributed by atoms with Gasteiger partial charge in [0.25, 0.3) is 0 Å². The SMILES string of the molecule is C1=CCN=C(c2ccccc2)C=C1.CC. The molecule has 15 heavy (non-hydrogen) atoms. The van der Waals surface area contributed by atoms with Crippen molar-refractivity contribution >= 4 is 5.71 Å². The third kappa shape index (κ3) is 3.55. The molecule has 1 aromatic carbocycles. The molecule has 1 heteroatoms. The summed E-state index contributed by atoms with van der Waals surface area (Å²) in [5, 5.41) is 0. The van der Waals surface area contributed by atoms with E-state index < -0.39 is 0 Å². The van der Waals surface area contributed by atoms with E-state index in [-0.39, 0.29) is 0 Å². The lowest BCUT2D eigenvalue weighted by Crippen LogP contribution is -1.95. The Morgan fingerprint density at radius 3 is 2.47 bits per heavy atom. The normalized spacial score (nSPS) is 13.6. The number of allylic oxidation sites excluding steroid dienone is 3. The third-order valence-corrected chi connectivity index (χ3v) is 1.94. The van der Waals surface area contributed by atoms with Crippen LogP contribution in [0.4, 0.5) is 0 Å². The zero-order valence-corrected chi connectivity index (χ0v) is 9.35. The van der Waals surface area contributed by atoms with Gasteiger partial charge in [-0.05, 0) is 11.6 Å². The molecule has 0 fully saturated rings. The van der Waals surface area contributed by atoms with E-state index in [0.29, 0.717) is 0 Å². The smallest absolute Gasteiger partial charge is 0.0650 e. The predicted octanol–water partition coefficient (Wildman–Crippen LogP) is 3.63. The molecule has 1 nitrogen and oxygen atoms in total. The Morgan fingerprint density at radius 1 is 1.00 bits per heavy atom.